The van der Waals surface area contributed by atoms with Gasteiger partial charge in [0.2, 0.25) is 0 Å². The lowest BCUT2D eigenvalue weighted by Crippen LogP contribution is -2.46. The van der Waals surface area contributed by atoms with Crippen molar-refractivity contribution in [2.24, 2.45) is 5.41 Å². The van der Waals surface area contributed by atoms with Crippen LogP contribution in [-0.4, -0.2) is 94.7 Å². The van der Waals surface area contributed by atoms with Gasteiger partial charge in [0.15, 0.2) is 0 Å². The number of pyridine rings is 1. The molecule has 37 heavy (non-hydrogen) atoms. The molecule has 3 saturated heterocycles. The standard InChI is InChI=1S/C19H29N3O.2C2HF3O2/c1-2-9-20-17(4-1)14-21-10-3-7-19(15-21)8-11-22(16-19)18-5-12-23-13-6-18;2*3-2(4,5)1(6)7/h1-2,4,9,18H,3,5-8,10-16H2;2*(H,6,7). The van der Waals surface area contributed by atoms with E-state index in [1.54, 1.807) is 0 Å². The van der Waals surface area contributed by atoms with Crippen molar-refractivity contribution in [3.8, 4) is 0 Å². The summed E-state index contributed by atoms with van der Waals surface area (Å²) in [6.07, 6.45) is -1.66. The Kier molecular flexibility index (Phi) is 11.1. The van der Waals surface area contributed by atoms with E-state index in [1.165, 1.54) is 64.0 Å². The lowest BCUT2D eigenvalue weighted by molar-refractivity contribution is -0.193. The second-order valence-corrected chi connectivity index (χ2v) is 9.31. The Bertz CT molecular complexity index is 841. The summed E-state index contributed by atoms with van der Waals surface area (Å²) in [6.45, 7) is 8.01. The SMILES string of the molecule is O=C(O)C(F)(F)F.O=C(O)C(F)(F)F.c1ccc(CN2CCCC3(CCN(C4CCOCC4)C3)C2)nc1. The molecule has 1 aromatic heterocycles. The molecule has 14 heteroatoms. The molecule has 1 spiro atoms. The Hall–Kier alpha value is -2.45. The number of ether oxygens (including phenoxy) is 1. The van der Waals surface area contributed by atoms with Crippen molar-refractivity contribution in [2.75, 3.05) is 39.4 Å². The fraction of sp³-hybridized carbons (Fsp3) is 0.696. The summed E-state index contributed by atoms with van der Waals surface area (Å²) in [4.78, 5) is 27.7. The van der Waals surface area contributed by atoms with Crippen LogP contribution in [0.3, 0.4) is 0 Å². The molecular weight excluding hydrogens is 512 g/mol. The minimum atomic E-state index is -5.08. The largest absolute Gasteiger partial charge is 0.490 e. The molecule has 1 unspecified atom stereocenters. The molecule has 0 radical (unpaired) electrons. The number of carboxylic acids is 2. The second kappa shape index (κ2) is 13.4. The first-order chi connectivity index (χ1) is 17.2. The Morgan fingerprint density at radius 2 is 1.57 bits per heavy atom. The zero-order valence-corrected chi connectivity index (χ0v) is 20.1. The lowest BCUT2D eigenvalue weighted by atomic mass is 9.79. The Morgan fingerprint density at radius 3 is 2.08 bits per heavy atom. The summed E-state index contributed by atoms with van der Waals surface area (Å²) < 4.78 is 69.0. The maximum absolute atomic E-state index is 10.6. The minimum Gasteiger partial charge on any atom is -0.475 e. The van der Waals surface area contributed by atoms with E-state index in [2.05, 4.69) is 26.9 Å². The van der Waals surface area contributed by atoms with Crippen LogP contribution in [0.5, 0.6) is 0 Å². The number of alkyl halides is 6. The molecule has 0 aromatic carbocycles. The van der Waals surface area contributed by atoms with Gasteiger partial charge in [0.1, 0.15) is 0 Å². The van der Waals surface area contributed by atoms with Gasteiger partial charge in [-0.15, -0.1) is 0 Å². The Balaban J connectivity index is 0.000000286. The third-order valence-electron chi connectivity index (χ3n) is 6.51. The van der Waals surface area contributed by atoms with Gasteiger partial charge in [-0.1, -0.05) is 6.07 Å². The van der Waals surface area contributed by atoms with Gasteiger partial charge in [0, 0.05) is 45.1 Å². The van der Waals surface area contributed by atoms with Gasteiger partial charge in [-0.05, 0) is 62.7 Å². The normalized spacial score (nSPS) is 23.5. The number of likely N-dealkylation sites (tertiary alicyclic amines) is 2. The van der Waals surface area contributed by atoms with Crippen molar-refractivity contribution < 1.29 is 50.9 Å². The number of carboxylic acid groups (broad SMARTS) is 2. The van der Waals surface area contributed by atoms with Gasteiger partial charge >= 0.3 is 24.3 Å². The quantitative estimate of drug-likeness (QED) is 0.555. The number of hydrogen-bond donors (Lipinski definition) is 2. The van der Waals surface area contributed by atoms with E-state index in [-0.39, 0.29) is 0 Å². The van der Waals surface area contributed by atoms with Crippen LogP contribution in [0.2, 0.25) is 0 Å². The highest BCUT2D eigenvalue weighted by Gasteiger charge is 2.43. The van der Waals surface area contributed by atoms with Crippen LogP contribution in [0, 0.1) is 5.41 Å². The van der Waals surface area contributed by atoms with Gasteiger partial charge in [-0.3, -0.25) is 14.8 Å². The number of aliphatic carboxylic acids is 2. The first-order valence-corrected chi connectivity index (χ1v) is 11.8. The smallest absolute Gasteiger partial charge is 0.475 e. The van der Waals surface area contributed by atoms with Crippen molar-refractivity contribution >= 4 is 11.9 Å². The summed E-state index contributed by atoms with van der Waals surface area (Å²) in [7, 11) is 0. The second-order valence-electron chi connectivity index (χ2n) is 9.31. The number of rotatable bonds is 3. The number of aromatic nitrogens is 1. The molecule has 8 nitrogen and oxygen atoms in total. The third-order valence-corrected chi connectivity index (χ3v) is 6.51. The average Bonchev–Trinajstić information content (AvgIpc) is 3.23. The topological polar surface area (TPSA) is 103 Å². The molecule has 2 N–H and O–H groups in total. The molecular formula is C23H31F6N3O5. The molecule has 0 bridgehead atoms. The fourth-order valence-electron chi connectivity index (χ4n) is 4.83. The van der Waals surface area contributed by atoms with Crippen LogP contribution in [0.25, 0.3) is 0 Å². The summed E-state index contributed by atoms with van der Waals surface area (Å²) in [5.41, 5.74) is 1.74. The van der Waals surface area contributed by atoms with Gasteiger partial charge in [-0.25, -0.2) is 9.59 Å². The number of nitrogens with zero attached hydrogens (tertiary/aromatic N) is 3. The third kappa shape index (κ3) is 10.4. The first kappa shape index (κ1) is 30.8. The zero-order chi connectivity index (χ0) is 27.7. The van der Waals surface area contributed by atoms with Gasteiger partial charge in [-0.2, -0.15) is 26.3 Å². The maximum Gasteiger partial charge on any atom is 0.490 e. The summed E-state index contributed by atoms with van der Waals surface area (Å²) in [5.74, 6) is -5.51. The molecule has 0 saturated carbocycles. The fourth-order valence-corrected chi connectivity index (χ4v) is 4.83. The lowest BCUT2D eigenvalue weighted by Gasteiger charge is -2.41. The van der Waals surface area contributed by atoms with E-state index in [0.29, 0.717) is 5.41 Å². The molecule has 4 heterocycles. The predicted octanol–water partition coefficient (Wildman–Crippen LogP) is 3.82. The average molecular weight is 544 g/mol. The van der Waals surface area contributed by atoms with Gasteiger partial charge in [0.05, 0.1) is 5.69 Å². The van der Waals surface area contributed by atoms with Crippen molar-refractivity contribution in [3.63, 3.8) is 0 Å². The summed E-state index contributed by atoms with van der Waals surface area (Å²) in [5, 5.41) is 14.2. The number of halogens is 6. The molecule has 4 rings (SSSR count). The van der Waals surface area contributed by atoms with Crippen LogP contribution in [-0.2, 0) is 20.9 Å². The molecule has 0 amide bonds. The molecule has 0 aliphatic carbocycles. The molecule has 3 aliphatic rings. The van der Waals surface area contributed by atoms with Gasteiger partial charge < -0.3 is 14.9 Å². The van der Waals surface area contributed by atoms with Crippen LogP contribution in [0.15, 0.2) is 24.4 Å². The summed E-state index contributed by atoms with van der Waals surface area (Å²) >= 11 is 0. The molecule has 210 valence electrons. The molecule has 1 atom stereocenters. The van der Waals surface area contributed by atoms with Crippen molar-refractivity contribution in [2.45, 2.75) is 57.0 Å². The van der Waals surface area contributed by atoms with Crippen molar-refractivity contribution in [1.82, 2.24) is 14.8 Å². The molecule has 3 fully saturated rings. The van der Waals surface area contributed by atoms with Crippen molar-refractivity contribution in [3.05, 3.63) is 30.1 Å². The highest BCUT2D eigenvalue weighted by atomic mass is 19.4. The zero-order valence-electron chi connectivity index (χ0n) is 20.1. The molecule has 1 aromatic rings. The Labute approximate surface area is 210 Å². The van der Waals surface area contributed by atoms with E-state index >= 15 is 0 Å². The van der Waals surface area contributed by atoms with Crippen LogP contribution < -0.4 is 0 Å². The monoisotopic (exact) mass is 543 g/mol. The van der Waals surface area contributed by atoms with Gasteiger partial charge in [0.25, 0.3) is 0 Å². The molecule has 3 aliphatic heterocycles. The highest BCUT2D eigenvalue weighted by molar-refractivity contribution is 5.73. The first-order valence-electron chi connectivity index (χ1n) is 11.8. The van der Waals surface area contributed by atoms with Crippen LogP contribution in [0.1, 0.15) is 37.8 Å². The minimum absolute atomic E-state index is 0.533. The van der Waals surface area contributed by atoms with E-state index in [4.69, 9.17) is 24.5 Å². The van der Waals surface area contributed by atoms with Crippen LogP contribution in [0.4, 0.5) is 26.3 Å². The van der Waals surface area contributed by atoms with E-state index in [9.17, 15) is 26.3 Å². The number of piperidine rings is 1. The predicted molar refractivity (Wildman–Crippen MR) is 119 cm³/mol. The Morgan fingerprint density at radius 1 is 0.973 bits per heavy atom. The maximum atomic E-state index is 10.6. The van der Waals surface area contributed by atoms with E-state index in [0.717, 1.165) is 25.8 Å². The number of hydrogen-bond acceptors (Lipinski definition) is 6. The van der Waals surface area contributed by atoms with Crippen molar-refractivity contribution in [1.29, 1.82) is 0 Å². The number of carbonyl (C=O) groups is 2. The highest BCUT2D eigenvalue weighted by Crippen LogP contribution is 2.40. The summed E-state index contributed by atoms with van der Waals surface area (Å²) in [6, 6.07) is 7.04. The van der Waals surface area contributed by atoms with E-state index in [1.807, 2.05) is 12.3 Å². The van der Waals surface area contributed by atoms with Crippen LogP contribution >= 0.6 is 0 Å². The van der Waals surface area contributed by atoms with E-state index < -0.39 is 24.3 Å².